The number of rotatable bonds is 7. The molecule has 4 amide bonds. The van der Waals surface area contributed by atoms with E-state index in [2.05, 4.69) is 19.2 Å². The molecule has 2 aliphatic heterocycles. The van der Waals surface area contributed by atoms with E-state index in [1.165, 1.54) is 4.90 Å². The Morgan fingerprint density at radius 2 is 1.60 bits per heavy atom. The van der Waals surface area contributed by atoms with Gasteiger partial charge in [0.25, 0.3) is 11.8 Å². The lowest BCUT2D eigenvalue weighted by Gasteiger charge is -2.32. The van der Waals surface area contributed by atoms with Gasteiger partial charge in [-0.15, -0.1) is 0 Å². The summed E-state index contributed by atoms with van der Waals surface area (Å²) < 4.78 is 0. The molecular weight excluding hydrogens is 382 g/mol. The second-order valence-electron chi connectivity index (χ2n) is 8.61. The van der Waals surface area contributed by atoms with E-state index in [0.717, 1.165) is 0 Å². The van der Waals surface area contributed by atoms with Gasteiger partial charge < -0.3 is 10.2 Å². The quantitative estimate of drug-likeness (QED) is 0.696. The Bertz CT molecular complexity index is 792. The van der Waals surface area contributed by atoms with Crippen LogP contribution >= 0.6 is 0 Å². The van der Waals surface area contributed by atoms with Crippen molar-refractivity contribution in [3.8, 4) is 0 Å². The summed E-state index contributed by atoms with van der Waals surface area (Å²) >= 11 is 0. The Hall–Kier alpha value is -2.70. The van der Waals surface area contributed by atoms with Crippen molar-refractivity contribution in [2.75, 3.05) is 19.6 Å². The third-order valence-electron chi connectivity index (χ3n) is 6.24. The lowest BCUT2D eigenvalue weighted by atomic mass is 9.94. The maximum Gasteiger partial charge on any atom is 0.261 e. The maximum absolute atomic E-state index is 12.5. The molecule has 3 rings (SSSR count). The summed E-state index contributed by atoms with van der Waals surface area (Å²) in [5.74, 6) is -0.141. The zero-order valence-electron chi connectivity index (χ0n) is 18.0. The number of piperidine rings is 1. The number of amides is 4. The molecule has 1 saturated heterocycles. The number of nitrogens with zero attached hydrogens (tertiary/aromatic N) is 2. The smallest absolute Gasteiger partial charge is 0.261 e. The summed E-state index contributed by atoms with van der Waals surface area (Å²) in [6.45, 7) is 7.54. The van der Waals surface area contributed by atoms with Crippen molar-refractivity contribution in [3.05, 3.63) is 35.4 Å². The summed E-state index contributed by atoms with van der Waals surface area (Å²) in [4.78, 5) is 52.7. The average molecular weight is 414 g/mol. The first-order chi connectivity index (χ1) is 14.3. The zero-order chi connectivity index (χ0) is 21.8. The SMILES string of the molecule is CC(C)C(C)NC(=O)C1CCN(C(=O)CCCN2C(=O)c3ccccc3C2=O)CC1. The first kappa shape index (κ1) is 22.0. The van der Waals surface area contributed by atoms with Crippen molar-refractivity contribution < 1.29 is 19.2 Å². The van der Waals surface area contributed by atoms with Gasteiger partial charge >= 0.3 is 0 Å². The minimum Gasteiger partial charge on any atom is -0.353 e. The summed E-state index contributed by atoms with van der Waals surface area (Å²) in [5.41, 5.74) is 0.863. The molecular formula is C23H31N3O4. The summed E-state index contributed by atoms with van der Waals surface area (Å²) in [6.07, 6.45) is 2.06. The van der Waals surface area contributed by atoms with Gasteiger partial charge in [0.15, 0.2) is 0 Å². The summed E-state index contributed by atoms with van der Waals surface area (Å²) in [7, 11) is 0. The number of benzene rings is 1. The van der Waals surface area contributed by atoms with E-state index in [0.29, 0.717) is 49.4 Å². The first-order valence-electron chi connectivity index (χ1n) is 10.8. The number of hydrogen-bond donors (Lipinski definition) is 1. The van der Waals surface area contributed by atoms with E-state index in [1.54, 1.807) is 29.2 Å². The highest BCUT2D eigenvalue weighted by Crippen LogP contribution is 2.23. The van der Waals surface area contributed by atoms with Crippen molar-refractivity contribution in [2.24, 2.45) is 11.8 Å². The molecule has 1 atom stereocenters. The maximum atomic E-state index is 12.5. The Balaban J connectivity index is 1.41. The Morgan fingerprint density at radius 3 is 2.13 bits per heavy atom. The van der Waals surface area contributed by atoms with Crippen molar-refractivity contribution in [1.82, 2.24) is 15.1 Å². The van der Waals surface area contributed by atoms with Crippen molar-refractivity contribution in [3.63, 3.8) is 0 Å². The molecule has 2 heterocycles. The number of imide groups is 1. The van der Waals surface area contributed by atoms with Crippen LogP contribution in [-0.4, -0.2) is 59.1 Å². The number of hydrogen-bond acceptors (Lipinski definition) is 4. The molecule has 1 aromatic rings. The van der Waals surface area contributed by atoms with Gasteiger partial charge in [-0.3, -0.25) is 24.1 Å². The molecule has 0 spiro atoms. The largest absolute Gasteiger partial charge is 0.353 e. The highest BCUT2D eigenvalue weighted by atomic mass is 16.2. The standard InChI is InChI=1S/C23H31N3O4/c1-15(2)16(3)24-21(28)17-10-13-25(14-11-17)20(27)9-6-12-26-22(29)18-7-4-5-8-19(18)23(26)30/h4-5,7-8,15-17H,6,9-14H2,1-3H3,(H,24,28). The Morgan fingerprint density at radius 1 is 1.03 bits per heavy atom. The van der Waals surface area contributed by atoms with Gasteiger partial charge in [-0.05, 0) is 44.2 Å². The van der Waals surface area contributed by atoms with Crippen LogP contribution in [0.2, 0.25) is 0 Å². The molecule has 1 unspecified atom stereocenters. The van der Waals surface area contributed by atoms with Gasteiger partial charge in [-0.1, -0.05) is 26.0 Å². The predicted molar refractivity (Wildman–Crippen MR) is 113 cm³/mol. The van der Waals surface area contributed by atoms with Crippen molar-refractivity contribution >= 4 is 23.6 Å². The third kappa shape index (κ3) is 4.71. The minimum atomic E-state index is -0.287. The van der Waals surface area contributed by atoms with Crippen LogP contribution in [0, 0.1) is 11.8 Å². The van der Waals surface area contributed by atoms with Crippen LogP contribution in [0.3, 0.4) is 0 Å². The lowest BCUT2D eigenvalue weighted by Crippen LogP contribution is -2.45. The van der Waals surface area contributed by atoms with Crippen molar-refractivity contribution in [1.29, 1.82) is 0 Å². The van der Waals surface area contributed by atoms with Crippen LogP contribution in [-0.2, 0) is 9.59 Å². The van der Waals surface area contributed by atoms with E-state index in [4.69, 9.17) is 0 Å². The van der Waals surface area contributed by atoms with Crippen LogP contribution in [0.4, 0.5) is 0 Å². The molecule has 1 fully saturated rings. The normalized spacial score (nSPS) is 18.0. The molecule has 0 saturated carbocycles. The molecule has 0 bridgehead atoms. The monoisotopic (exact) mass is 413 g/mol. The fourth-order valence-electron chi connectivity index (χ4n) is 3.89. The van der Waals surface area contributed by atoms with Gasteiger partial charge in [-0.2, -0.15) is 0 Å². The molecule has 7 heteroatoms. The van der Waals surface area contributed by atoms with E-state index >= 15 is 0 Å². The van der Waals surface area contributed by atoms with Gasteiger partial charge in [-0.25, -0.2) is 0 Å². The van der Waals surface area contributed by atoms with Crippen LogP contribution in [0.5, 0.6) is 0 Å². The zero-order valence-corrected chi connectivity index (χ0v) is 18.0. The molecule has 0 aromatic heterocycles. The molecule has 1 N–H and O–H groups in total. The highest BCUT2D eigenvalue weighted by Gasteiger charge is 2.35. The summed E-state index contributed by atoms with van der Waals surface area (Å²) in [5, 5.41) is 3.06. The lowest BCUT2D eigenvalue weighted by molar-refractivity contribution is -0.136. The van der Waals surface area contributed by atoms with Gasteiger partial charge in [0.2, 0.25) is 11.8 Å². The number of carbonyl (C=O) groups excluding carboxylic acids is 4. The number of likely N-dealkylation sites (tertiary alicyclic amines) is 1. The van der Waals surface area contributed by atoms with Gasteiger partial charge in [0.05, 0.1) is 11.1 Å². The number of nitrogens with one attached hydrogen (secondary N) is 1. The number of carbonyl (C=O) groups is 4. The number of fused-ring (bicyclic) bond motifs is 1. The fourth-order valence-corrected chi connectivity index (χ4v) is 3.89. The van der Waals surface area contributed by atoms with Gasteiger partial charge in [0.1, 0.15) is 0 Å². The molecule has 0 radical (unpaired) electrons. The van der Waals surface area contributed by atoms with Crippen LogP contribution in [0.15, 0.2) is 24.3 Å². The predicted octanol–water partition coefficient (Wildman–Crippen LogP) is 2.46. The molecule has 0 aliphatic carbocycles. The Labute approximate surface area is 177 Å². The van der Waals surface area contributed by atoms with Gasteiger partial charge in [0, 0.05) is 38.0 Å². The van der Waals surface area contributed by atoms with E-state index in [9.17, 15) is 19.2 Å². The summed E-state index contributed by atoms with van der Waals surface area (Å²) in [6, 6.07) is 6.93. The van der Waals surface area contributed by atoms with E-state index < -0.39 is 0 Å². The Kier molecular flexibility index (Phi) is 6.90. The second-order valence-corrected chi connectivity index (χ2v) is 8.61. The molecule has 2 aliphatic rings. The molecule has 30 heavy (non-hydrogen) atoms. The molecule has 7 nitrogen and oxygen atoms in total. The van der Waals surface area contributed by atoms with E-state index in [-0.39, 0.29) is 48.6 Å². The van der Waals surface area contributed by atoms with Crippen LogP contribution in [0.25, 0.3) is 0 Å². The highest BCUT2D eigenvalue weighted by molar-refractivity contribution is 6.21. The van der Waals surface area contributed by atoms with E-state index in [1.807, 2.05) is 6.92 Å². The molecule has 162 valence electrons. The van der Waals surface area contributed by atoms with Crippen molar-refractivity contribution in [2.45, 2.75) is 52.5 Å². The minimum absolute atomic E-state index is 0.0148. The molecule has 1 aromatic carbocycles. The third-order valence-corrected chi connectivity index (χ3v) is 6.24. The topological polar surface area (TPSA) is 86.8 Å². The first-order valence-corrected chi connectivity index (χ1v) is 10.8. The fraction of sp³-hybridized carbons (Fsp3) is 0.565. The van der Waals surface area contributed by atoms with Crippen LogP contribution in [0.1, 0.15) is 67.2 Å². The second kappa shape index (κ2) is 9.41. The average Bonchev–Trinajstić information content (AvgIpc) is 2.98. The van der Waals surface area contributed by atoms with Crippen LogP contribution < -0.4 is 5.32 Å².